The van der Waals surface area contributed by atoms with Gasteiger partial charge in [0.15, 0.2) is 0 Å². The van der Waals surface area contributed by atoms with Gasteiger partial charge in [-0.2, -0.15) is 0 Å². The Morgan fingerprint density at radius 2 is 2.35 bits per heavy atom. The van der Waals surface area contributed by atoms with E-state index in [2.05, 4.69) is 51.7 Å². The molecule has 1 aliphatic heterocycles. The summed E-state index contributed by atoms with van der Waals surface area (Å²) in [6, 6.07) is 6.46. The van der Waals surface area contributed by atoms with E-state index >= 15 is 0 Å². The lowest BCUT2D eigenvalue weighted by molar-refractivity contribution is 0.364. The summed E-state index contributed by atoms with van der Waals surface area (Å²) in [6.07, 6.45) is 3.97. The van der Waals surface area contributed by atoms with Crippen molar-refractivity contribution in [3.63, 3.8) is 0 Å². The first-order chi connectivity index (χ1) is 8.25. The summed E-state index contributed by atoms with van der Waals surface area (Å²) < 4.78 is 1.17. The van der Waals surface area contributed by atoms with E-state index in [1.54, 1.807) is 0 Å². The van der Waals surface area contributed by atoms with Crippen LogP contribution in [0.25, 0.3) is 0 Å². The molecule has 1 atom stereocenters. The predicted octanol–water partition coefficient (Wildman–Crippen LogP) is 3.56. The minimum Gasteiger partial charge on any atom is -0.384 e. The van der Waals surface area contributed by atoms with Crippen molar-refractivity contribution in [2.45, 2.75) is 26.2 Å². The number of piperidine rings is 1. The van der Waals surface area contributed by atoms with Crippen molar-refractivity contribution in [1.82, 2.24) is 5.32 Å². The van der Waals surface area contributed by atoms with Gasteiger partial charge in [0, 0.05) is 16.7 Å². The van der Waals surface area contributed by atoms with Crippen LogP contribution in [0, 0.1) is 12.8 Å². The second-order valence-corrected chi connectivity index (χ2v) is 5.77. The van der Waals surface area contributed by atoms with Crippen LogP contribution >= 0.6 is 15.9 Å². The highest BCUT2D eigenvalue weighted by atomic mass is 79.9. The molecule has 17 heavy (non-hydrogen) atoms. The minimum absolute atomic E-state index is 0.848. The molecule has 3 heteroatoms. The van der Waals surface area contributed by atoms with Gasteiger partial charge < -0.3 is 10.6 Å². The standard InChI is InChI=1S/C14H21BrN2/c1-11-4-5-14(13(15)9-11)17-8-6-12-3-2-7-16-10-12/h4-5,9,12,16-17H,2-3,6-8,10H2,1H3. The van der Waals surface area contributed by atoms with Gasteiger partial charge >= 0.3 is 0 Å². The molecule has 1 aromatic carbocycles. The molecule has 0 spiro atoms. The molecular formula is C14H21BrN2. The fraction of sp³-hybridized carbons (Fsp3) is 0.571. The number of hydrogen-bond acceptors (Lipinski definition) is 2. The van der Waals surface area contributed by atoms with Crippen LogP contribution in [-0.4, -0.2) is 19.6 Å². The van der Waals surface area contributed by atoms with Crippen LogP contribution < -0.4 is 10.6 Å². The molecular weight excluding hydrogens is 276 g/mol. The van der Waals surface area contributed by atoms with Crippen LogP contribution in [0.1, 0.15) is 24.8 Å². The third-order valence-electron chi connectivity index (χ3n) is 3.39. The number of benzene rings is 1. The van der Waals surface area contributed by atoms with Crippen LogP contribution in [0.4, 0.5) is 5.69 Å². The number of hydrogen-bond donors (Lipinski definition) is 2. The van der Waals surface area contributed by atoms with Gasteiger partial charge in [-0.15, -0.1) is 0 Å². The average molecular weight is 297 g/mol. The Hall–Kier alpha value is -0.540. The summed E-state index contributed by atoms with van der Waals surface area (Å²) in [6.45, 7) is 5.57. The third-order valence-corrected chi connectivity index (χ3v) is 4.05. The maximum absolute atomic E-state index is 3.60. The van der Waals surface area contributed by atoms with E-state index in [1.807, 2.05) is 0 Å². The van der Waals surface area contributed by atoms with Gasteiger partial charge in [-0.1, -0.05) is 6.07 Å². The van der Waals surface area contributed by atoms with Crippen LogP contribution in [-0.2, 0) is 0 Å². The maximum atomic E-state index is 3.60. The molecule has 1 heterocycles. The van der Waals surface area contributed by atoms with Crippen LogP contribution in [0.5, 0.6) is 0 Å². The molecule has 1 aliphatic rings. The molecule has 1 unspecified atom stereocenters. The molecule has 0 aliphatic carbocycles. The average Bonchev–Trinajstić information content (AvgIpc) is 2.33. The summed E-state index contributed by atoms with van der Waals surface area (Å²) in [5.41, 5.74) is 2.50. The number of nitrogens with one attached hydrogen (secondary N) is 2. The summed E-state index contributed by atoms with van der Waals surface area (Å²) in [5.74, 6) is 0.848. The van der Waals surface area contributed by atoms with E-state index < -0.39 is 0 Å². The fourth-order valence-corrected chi connectivity index (χ4v) is 2.98. The van der Waals surface area contributed by atoms with Crippen LogP contribution in [0.15, 0.2) is 22.7 Å². The van der Waals surface area contributed by atoms with E-state index in [9.17, 15) is 0 Å². The zero-order valence-corrected chi connectivity index (χ0v) is 12.0. The first-order valence-electron chi connectivity index (χ1n) is 6.46. The summed E-state index contributed by atoms with van der Waals surface area (Å²) in [5, 5.41) is 6.98. The van der Waals surface area contributed by atoms with Gasteiger partial charge in [-0.25, -0.2) is 0 Å². The van der Waals surface area contributed by atoms with Gasteiger partial charge in [0.25, 0.3) is 0 Å². The third kappa shape index (κ3) is 4.00. The topological polar surface area (TPSA) is 24.1 Å². The van der Waals surface area contributed by atoms with E-state index in [1.165, 1.54) is 48.1 Å². The van der Waals surface area contributed by atoms with E-state index in [0.717, 1.165) is 12.5 Å². The van der Waals surface area contributed by atoms with E-state index in [0.29, 0.717) is 0 Å². The molecule has 2 N–H and O–H groups in total. The Balaban J connectivity index is 1.77. The Morgan fingerprint density at radius 1 is 1.47 bits per heavy atom. The molecule has 2 rings (SSSR count). The van der Waals surface area contributed by atoms with Gasteiger partial charge in [-0.05, 0) is 78.8 Å². The van der Waals surface area contributed by atoms with Crippen LogP contribution in [0.3, 0.4) is 0 Å². The largest absolute Gasteiger partial charge is 0.384 e. The Morgan fingerprint density at radius 3 is 3.06 bits per heavy atom. The molecule has 0 bridgehead atoms. The molecule has 1 saturated heterocycles. The lowest BCUT2D eigenvalue weighted by Gasteiger charge is -2.23. The number of halogens is 1. The summed E-state index contributed by atoms with van der Waals surface area (Å²) in [7, 11) is 0. The SMILES string of the molecule is Cc1ccc(NCCC2CCCNC2)c(Br)c1. The Labute approximate surface area is 112 Å². The normalized spacial score (nSPS) is 20.2. The molecule has 0 saturated carbocycles. The smallest absolute Gasteiger partial charge is 0.0484 e. The van der Waals surface area contributed by atoms with Crippen molar-refractivity contribution in [3.8, 4) is 0 Å². The highest BCUT2D eigenvalue weighted by Gasteiger charge is 2.12. The first kappa shape index (κ1) is 12.9. The lowest BCUT2D eigenvalue weighted by atomic mass is 9.96. The summed E-state index contributed by atoms with van der Waals surface area (Å²) >= 11 is 3.60. The molecule has 2 nitrogen and oxygen atoms in total. The molecule has 0 radical (unpaired) electrons. The highest BCUT2D eigenvalue weighted by Crippen LogP contribution is 2.23. The Kier molecular flexibility index (Phi) is 4.86. The quantitative estimate of drug-likeness (QED) is 0.888. The van der Waals surface area contributed by atoms with Crippen molar-refractivity contribution >= 4 is 21.6 Å². The van der Waals surface area contributed by atoms with Gasteiger partial charge in [0.05, 0.1) is 0 Å². The van der Waals surface area contributed by atoms with Gasteiger partial charge in [0.2, 0.25) is 0 Å². The predicted molar refractivity (Wildman–Crippen MR) is 77.6 cm³/mol. The lowest BCUT2D eigenvalue weighted by Crippen LogP contribution is -2.30. The van der Waals surface area contributed by atoms with Crippen molar-refractivity contribution in [2.75, 3.05) is 25.0 Å². The number of anilines is 1. The van der Waals surface area contributed by atoms with Crippen molar-refractivity contribution in [3.05, 3.63) is 28.2 Å². The zero-order valence-electron chi connectivity index (χ0n) is 10.4. The monoisotopic (exact) mass is 296 g/mol. The number of aryl methyl sites for hydroxylation is 1. The molecule has 94 valence electrons. The van der Waals surface area contributed by atoms with Crippen molar-refractivity contribution in [1.29, 1.82) is 0 Å². The maximum Gasteiger partial charge on any atom is 0.0484 e. The molecule has 1 fully saturated rings. The first-order valence-corrected chi connectivity index (χ1v) is 7.26. The minimum atomic E-state index is 0.848. The molecule has 1 aromatic rings. The van der Waals surface area contributed by atoms with E-state index in [-0.39, 0.29) is 0 Å². The van der Waals surface area contributed by atoms with E-state index in [4.69, 9.17) is 0 Å². The van der Waals surface area contributed by atoms with Crippen molar-refractivity contribution < 1.29 is 0 Å². The molecule has 0 aromatic heterocycles. The van der Waals surface area contributed by atoms with Crippen LogP contribution in [0.2, 0.25) is 0 Å². The highest BCUT2D eigenvalue weighted by molar-refractivity contribution is 9.10. The Bertz CT molecular complexity index is 359. The fourth-order valence-electron chi connectivity index (χ4n) is 2.34. The summed E-state index contributed by atoms with van der Waals surface area (Å²) in [4.78, 5) is 0. The zero-order chi connectivity index (χ0) is 12.1. The van der Waals surface area contributed by atoms with Gasteiger partial charge in [0.1, 0.15) is 0 Å². The second-order valence-electron chi connectivity index (χ2n) is 4.91. The van der Waals surface area contributed by atoms with Gasteiger partial charge in [-0.3, -0.25) is 0 Å². The van der Waals surface area contributed by atoms with Crippen molar-refractivity contribution in [2.24, 2.45) is 5.92 Å². The number of rotatable bonds is 4. The second kappa shape index (κ2) is 6.41. The molecule has 0 amide bonds.